The standard InChI is InChI=1S/C32H23N3S4/c33-31-25-26(32(34)35-31)28(37-22-15-7-2-8-16-22)30(39-24-19-11-4-12-20-24)29(38-23-17-9-3-10-18-23)27(25)36-21-13-5-1-6-14-21/h1-20H,(H3,33,34,35). The first kappa shape index (κ1) is 25.9. The first-order chi connectivity index (χ1) is 19.2. The van der Waals surface area contributed by atoms with Crippen molar-refractivity contribution >= 4 is 58.7 Å². The molecule has 1 heterocycles. The Labute approximate surface area is 245 Å². The van der Waals surface area contributed by atoms with Crippen LogP contribution in [0.15, 0.2) is 160 Å². The molecule has 5 aromatic carbocycles. The van der Waals surface area contributed by atoms with Crippen LogP contribution in [0.5, 0.6) is 0 Å². The molecule has 0 fully saturated rings. The summed E-state index contributed by atoms with van der Waals surface area (Å²) in [4.78, 5) is 8.65. The van der Waals surface area contributed by atoms with Gasteiger partial charge in [0.25, 0.3) is 0 Å². The zero-order valence-electron chi connectivity index (χ0n) is 20.7. The summed E-state index contributed by atoms with van der Waals surface area (Å²) in [5.41, 5.74) is 1.59. The third kappa shape index (κ3) is 5.68. The van der Waals surface area contributed by atoms with Gasteiger partial charge in [-0.15, -0.1) is 0 Å². The molecule has 6 rings (SSSR count). The minimum Gasteiger partial charge on any atom is -0.325 e. The van der Waals surface area contributed by atoms with Gasteiger partial charge in [-0.05, 0) is 48.5 Å². The van der Waals surface area contributed by atoms with E-state index in [9.17, 15) is 0 Å². The minimum atomic E-state index is 0.273. The predicted molar refractivity (Wildman–Crippen MR) is 165 cm³/mol. The Morgan fingerprint density at radius 2 is 0.615 bits per heavy atom. The number of hydrogen-bond acceptors (Lipinski definition) is 6. The highest BCUT2D eigenvalue weighted by Gasteiger charge is 2.34. The maximum Gasteiger partial charge on any atom is 0.133 e. The van der Waals surface area contributed by atoms with Crippen LogP contribution >= 0.6 is 47.0 Å². The molecule has 1 aliphatic rings. The average molecular weight is 578 g/mol. The lowest BCUT2D eigenvalue weighted by atomic mass is 10.1. The fraction of sp³-hybridized carbons (Fsp3) is 0. The summed E-state index contributed by atoms with van der Waals surface area (Å²) in [6.45, 7) is 0. The van der Waals surface area contributed by atoms with E-state index in [1.807, 2.05) is 48.5 Å². The zero-order chi connectivity index (χ0) is 26.6. The van der Waals surface area contributed by atoms with Crippen LogP contribution in [0.25, 0.3) is 0 Å². The smallest absolute Gasteiger partial charge is 0.133 e. The molecule has 5 aromatic rings. The van der Waals surface area contributed by atoms with Crippen molar-refractivity contribution in [2.45, 2.75) is 39.2 Å². The van der Waals surface area contributed by atoms with Crippen LogP contribution in [-0.2, 0) is 0 Å². The van der Waals surface area contributed by atoms with Crippen molar-refractivity contribution in [2.75, 3.05) is 0 Å². The van der Waals surface area contributed by atoms with Crippen LogP contribution < -0.4 is 5.32 Å². The minimum absolute atomic E-state index is 0.273. The second-order valence-corrected chi connectivity index (χ2v) is 12.9. The summed E-state index contributed by atoms with van der Waals surface area (Å²) >= 11 is 6.77. The van der Waals surface area contributed by atoms with Crippen molar-refractivity contribution in [3.63, 3.8) is 0 Å². The first-order valence-electron chi connectivity index (χ1n) is 12.3. The summed E-state index contributed by atoms with van der Waals surface area (Å²) in [6.07, 6.45) is 0. The number of nitrogens with one attached hydrogen (secondary N) is 3. The molecule has 0 bridgehead atoms. The van der Waals surface area contributed by atoms with E-state index < -0.39 is 0 Å². The second-order valence-electron chi connectivity index (χ2n) is 8.60. The number of rotatable bonds is 8. The van der Waals surface area contributed by atoms with Crippen LogP contribution in [0, 0.1) is 10.8 Å². The topological polar surface area (TPSA) is 59.7 Å². The molecular formula is C32H23N3S4. The van der Waals surface area contributed by atoms with Crippen LogP contribution in [-0.4, -0.2) is 11.7 Å². The van der Waals surface area contributed by atoms with Gasteiger partial charge in [-0.2, -0.15) is 0 Å². The summed E-state index contributed by atoms with van der Waals surface area (Å²) in [5.74, 6) is 0.545. The predicted octanol–water partition coefficient (Wildman–Crippen LogP) is 9.55. The Kier molecular flexibility index (Phi) is 7.83. The second kappa shape index (κ2) is 11.8. The molecule has 0 aromatic heterocycles. The maximum atomic E-state index is 8.92. The SMILES string of the molecule is N=C1NC(=N)c2c(Sc3ccccc3)c(Sc3ccccc3)c(Sc3ccccc3)c(Sc3ccccc3)c21. The molecular weight excluding hydrogens is 555 g/mol. The Balaban J connectivity index is 1.65. The Morgan fingerprint density at radius 3 is 0.897 bits per heavy atom. The number of amidine groups is 2. The lowest BCUT2D eigenvalue weighted by molar-refractivity contribution is 1.01. The number of fused-ring (bicyclic) bond motifs is 1. The molecule has 190 valence electrons. The summed E-state index contributed by atoms with van der Waals surface area (Å²) in [6, 6.07) is 41.4. The van der Waals surface area contributed by atoms with Crippen LogP contribution in [0.1, 0.15) is 11.1 Å². The highest BCUT2D eigenvalue weighted by atomic mass is 32.2. The highest BCUT2D eigenvalue weighted by molar-refractivity contribution is 8.05. The monoisotopic (exact) mass is 577 g/mol. The largest absolute Gasteiger partial charge is 0.325 e. The zero-order valence-corrected chi connectivity index (χ0v) is 23.9. The summed E-state index contributed by atoms with van der Waals surface area (Å²) in [7, 11) is 0. The Bertz CT molecular complexity index is 1520. The van der Waals surface area contributed by atoms with Crippen molar-refractivity contribution in [3.05, 3.63) is 132 Å². The molecule has 0 spiro atoms. The lowest BCUT2D eigenvalue weighted by Gasteiger charge is -2.22. The summed E-state index contributed by atoms with van der Waals surface area (Å²) < 4.78 is 0. The third-order valence-electron chi connectivity index (χ3n) is 5.93. The van der Waals surface area contributed by atoms with Crippen molar-refractivity contribution in [1.29, 1.82) is 10.8 Å². The maximum absolute atomic E-state index is 8.92. The van der Waals surface area contributed by atoms with Crippen LogP contribution in [0.2, 0.25) is 0 Å². The molecule has 39 heavy (non-hydrogen) atoms. The van der Waals surface area contributed by atoms with Gasteiger partial charge in [-0.1, -0.05) is 120 Å². The lowest BCUT2D eigenvalue weighted by Crippen LogP contribution is -2.20. The van der Waals surface area contributed by atoms with E-state index in [2.05, 4.69) is 78.1 Å². The van der Waals surface area contributed by atoms with Gasteiger partial charge in [0.15, 0.2) is 0 Å². The number of hydrogen-bond donors (Lipinski definition) is 3. The average Bonchev–Trinajstić information content (AvgIpc) is 3.27. The molecule has 0 atom stereocenters. The van der Waals surface area contributed by atoms with Crippen LogP contribution in [0.4, 0.5) is 0 Å². The molecule has 0 amide bonds. The fourth-order valence-corrected chi connectivity index (χ4v) is 8.97. The highest BCUT2D eigenvalue weighted by Crippen LogP contribution is 2.54. The first-order valence-corrected chi connectivity index (χ1v) is 15.5. The number of benzene rings is 5. The molecule has 3 N–H and O–H groups in total. The van der Waals surface area contributed by atoms with Gasteiger partial charge in [0.05, 0.1) is 0 Å². The molecule has 0 radical (unpaired) electrons. The van der Waals surface area contributed by atoms with Gasteiger partial charge in [0.2, 0.25) is 0 Å². The van der Waals surface area contributed by atoms with Gasteiger partial charge in [0.1, 0.15) is 11.7 Å². The van der Waals surface area contributed by atoms with E-state index in [1.165, 1.54) is 0 Å². The Morgan fingerprint density at radius 1 is 0.359 bits per heavy atom. The van der Waals surface area contributed by atoms with Gasteiger partial charge in [-0.25, -0.2) is 0 Å². The molecule has 0 saturated carbocycles. The van der Waals surface area contributed by atoms with Gasteiger partial charge < -0.3 is 5.32 Å². The normalized spacial score (nSPS) is 12.3. The van der Waals surface area contributed by atoms with Crippen LogP contribution in [0.3, 0.4) is 0 Å². The fourth-order valence-electron chi connectivity index (χ4n) is 4.19. The van der Waals surface area contributed by atoms with Crippen molar-refractivity contribution < 1.29 is 0 Å². The molecule has 0 saturated heterocycles. The molecule has 1 aliphatic heterocycles. The van der Waals surface area contributed by atoms with E-state index in [-0.39, 0.29) is 11.7 Å². The van der Waals surface area contributed by atoms with E-state index in [1.54, 1.807) is 47.0 Å². The van der Waals surface area contributed by atoms with E-state index in [0.29, 0.717) is 0 Å². The van der Waals surface area contributed by atoms with E-state index >= 15 is 0 Å². The van der Waals surface area contributed by atoms with Gasteiger partial charge in [0, 0.05) is 50.3 Å². The molecule has 3 nitrogen and oxygen atoms in total. The quantitative estimate of drug-likeness (QED) is 0.171. The van der Waals surface area contributed by atoms with Crippen molar-refractivity contribution in [3.8, 4) is 0 Å². The van der Waals surface area contributed by atoms with E-state index in [4.69, 9.17) is 10.8 Å². The van der Waals surface area contributed by atoms with Crippen molar-refractivity contribution in [2.24, 2.45) is 0 Å². The molecule has 7 heteroatoms. The van der Waals surface area contributed by atoms with Crippen molar-refractivity contribution in [1.82, 2.24) is 5.32 Å². The molecule has 0 unspecified atom stereocenters. The van der Waals surface area contributed by atoms with E-state index in [0.717, 1.165) is 50.3 Å². The summed E-state index contributed by atoms with van der Waals surface area (Å²) in [5, 5.41) is 20.9. The molecule has 0 aliphatic carbocycles. The Hall–Kier alpha value is -3.36. The van der Waals surface area contributed by atoms with Gasteiger partial charge in [-0.3, -0.25) is 10.8 Å². The van der Waals surface area contributed by atoms with Gasteiger partial charge >= 0.3 is 0 Å². The third-order valence-corrected chi connectivity index (χ3v) is 10.8.